The van der Waals surface area contributed by atoms with Crippen molar-refractivity contribution >= 4 is 13.7 Å². The number of phosphoric ester groups is 1. The molecule has 0 aliphatic heterocycles. The van der Waals surface area contributed by atoms with Gasteiger partial charge in [0.25, 0.3) is 0 Å². The molecular weight excluding hydrogens is 996 g/mol. The van der Waals surface area contributed by atoms with Gasteiger partial charge in [-0.05, 0) is 70.6 Å². The van der Waals surface area contributed by atoms with Crippen molar-refractivity contribution in [1.82, 2.24) is 5.32 Å². The molecule has 0 aliphatic rings. The monoisotopic (exact) mass is 1130 g/mol. The van der Waals surface area contributed by atoms with Crippen molar-refractivity contribution in [3.05, 3.63) is 48.6 Å². The highest BCUT2D eigenvalue weighted by molar-refractivity contribution is 7.47. The topological polar surface area (TPSA) is 105 Å². The standard InChI is InChI=1S/C70H135N2O6P/c1-6-8-10-12-14-16-18-20-22-24-26-28-30-32-34-36-38-40-42-44-46-48-50-52-54-56-58-60-62-64-70(74)71-68(67-78-79(75,76)77-66-65-72(3,4)5)69(73)63-61-59-57-55-53-51-49-47-45-43-41-39-37-35-33-31-29-27-25-23-21-19-17-15-13-11-9-7-2/h24,26,45,47,53,55,61,63,68-69,73H,6-23,25,27-44,46,48-52,54,56-60,62,64-67H2,1-5H3,(H-,71,74,75,76)/p+1/b26-24-,47-45+,55-53+,63-61+. The minimum atomic E-state index is -4.37. The van der Waals surface area contributed by atoms with E-state index in [2.05, 4.69) is 55.6 Å². The van der Waals surface area contributed by atoms with Gasteiger partial charge in [-0.25, -0.2) is 4.57 Å². The van der Waals surface area contributed by atoms with Gasteiger partial charge in [-0.1, -0.05) is 313 Å². The van der Waals surface area contributed by atoms with Gasteiger partial charge < -0.3 is 19.8 Å². The second-order valence-corrected chi connectivity index (χ2v) is 26.3. The quantitative estimate of drug-likeness (QED) is 0.0243. The van der Waals surface area contributed by atoms with Gasteiger partial charge in [-0.2, -0.15) is 0 Å². The van der Waals surface area contributed by atoms with E-state index in [-0.39, 0.29) is 19.1 Å². The highest BCUT2D eigenvalue weighted by atomic mass is 31.2. The number of hydrogen-bond acceptors (Lipinski definition) is 5. The maximum Gasteiger partial charge on any atom is 0.472 e. The Balaban J connectivity index is 4.13. The van der Waals surface area contributed by atoms with Crippen molar-refractivity contribution in [2.45, 2.75) is 353 Å². The highest BCUT2D eigenvalue weighted by Gasteiger charge is 2.28. The van der Waals surface area contributed by atoms with Gasteiger partial charge in [0.2, 0.25) is 5.91 Å². The average molecular weight is 1130 g/mol. The van der Waals surface area contributed by atoms with Crippen molar-refractivity contribution < 1.29 is 32.9 Å². The summed E-state index contributed by atoms with van der Waals surface area (Å²) >= 11 is 0. The lowest BCUT2D eigenvalue weighted by atomic mass is 10.0. The van der Waals surface area contributed by atoms with Crippen LogP contribution in [0.3, 0.4) is 0 Å². The fourth-order valence-corrected chi connectivity index (χ4v) is 11.1. The maximum atomic E-state index is 13.0. The molecule has 0 heterocycles. The summed E-state index contributed by atoms with van der Waals surface area (Å²) in [7, 11) is 1.56. The molecule has 0 aromatic heterocycles. The zero-order valence-corrected chi connectivity index (χ0v) is 54.3. The van der Waals surface area contributed by atoms with Crippen molar-refractivity contribution in [3.8, 4) is 0 Å². The molecule has 8 nitrogen and oxygen atoms in total. The van der Waals surface area contributed by atoms with Gasteiger partial charge >= 0.3 is 7.82 Å². The molecule has 1 amide bonds. The molecule has 0 aromatic rings. The van der Waals surface area contributed by atoms with E-state index in [9.17, 15) is 19.4 Å². The second-order valence-electron chi connectivity index (χ2n) is 24.9. The third-order valence-electron chi connectivity index (χ3n) is 15.7. The third-order valence-corrected chi connectivity index (χ3v) is 16.7. The number of quaternary nitrogens is 1. The molecule has 0 saturated heterocycles. The zero-order valence-electron chi connectivity index (χ0n) is 53.4. The molecular formula is C70H136N2O6P+. The molecule has 0 aromatic carbocycles. The fourth-order valence-electron chi connectivity index (χ4n) is 10.4. The van der Waals surface area contributed by atoms with Gasteiger partial charge in [0.05, 0.1) is 39.9 Å². The largest absolute Gasteiger partial charge is 0.472 e. The van der Waals surface area contributed by atoms with E-state index < -0.39 is 20.0 Å². The Hall–Kier alpha value is -1.54. The van der Waals surface area contributed by atoms with Gasteiger partial charge in [0, 0.05) is 6.42 Å². The summed E-state index contributed by atoms with van der Waals surface area (Å²) in [5.74, 6) is -0.185. The van der Waals surface area contributed by atoms with Crippen LogP contribution in [0.5, 0.6) is 0 Å². The van der Waals surface area contributed by atoms with E-state index in [1.807, 2.05) is 27.2 Å². The molecule has 0 spiro atoms. The fraction of sp³-hybridized carbons (Fsp3) is 0.871. The Kier molecular flexibility index (Phi) is 59.8. The maximum absolute atomic E-state index is 13.0. The van der Waals surface area contributed by atoms with E-state index in [0.29, 0.717) is 17.4 Å². The lowest BCUT2D eigenvalue weighted by molar-refractivity contribution is -0.870. The lowest BCUT2D eigenvalue weighted by Crippen LogP contribution is -2.45. The molecule has 0 rings (SSSR count). The number of unbranched alkanes of at least 4 members (excludes halogenated alkanes) is 45. The van der Waals surface area contributed by atoms with Crippen LogP contribution in [0.2, 0.25) is 0 Å². The van der Waals surface area contributed by atoms with E-state index in [4.69, 9.17) is 9.05 Å². The summed E-state index contributed by atoms with van der Waals surface area (Å²) in [5, 5.41) is 14.0. The Bertz CT molecular complexity index is 1430. The zero-order chi connectivity index (χ0) is 57.7. The number of likely N-dealkylation sites (N-methyl/N-ethyl adjacent to an activating group) is 1. The molecule has 466 valence electrons. The summed E-state index contributed by atoms with van der Waals surface area (Å²) in [6, 6.07) is -0.871. The minimum absolute atomic E-state index is 0.0542. The number of carbonyl (C=O) groups excluding carboxylic acids is 1. The predicted molar refractivity (Wildman–Crippen MR) is 346 cm³/mol. The second kappa shape index (κ2) is 61.0. The van der Waals surface area contributed by atoms with Gasteiger partial charge in [0.1, 0.15) is 13.2 Å². The predicted octanol–water partition coefficient (Wildman–Crippen LogP) is 21.8. The summed E-state index contributed by atoms with van der Waals surface area (Å²) in [6.07, 6.45) is 82.6. The number of nitrogens with one attached hydrogen (secondary N) is 1. The van der Waals surface area contributed by atoms with Crippen LogP contribution in [0, 0.1) is 0 Å². The Morgan fingerprint density at radius 2 is 0.696 bits per heavy atom. The molecule has 3 atom stereocenters. The van der Waals surface area contributed by atoms with Crippen LogP contribution in [0.25, 0.3) is 0 Å². The first kappa shape index (κ1) is 77.5. The molecule has 0 saturated carbocycles. The number of amides is 1. The van der Waals surface area contributed by atoms with Gasteiger partial charge in [-0.15, -0.1) is 0 Å². The number of phosphoric acid groups is 1. The SMILES string of the molecule is CCCCCCCCCC/C=C\CCCCCCCCCCCCCCCCCCCC(=O)NC(COP(=O)(O)OCC[N+](C)(C)C)C(O)/C=C/CC/C=C/CC/C=C/CCCCCCCCCCCCCCCCCCCC. The van der Waals surface area contributed by atoms with Crippen LogP contribution < -0.4 is 5.32 Å². The van der Waals surface area contributed by atoms with E-state index >= 15 is 0 Å². The van der Waals surface area contributed by atoms with Crippen molar-refractivity contribution in [2.24, 2.45) is 0 Å². The number of allylic oxidation sites excluding steroid dienone is 7. The first-order valence-corrected chi connectivity index (χ1v) is 36.0. The third kappa shape index (κ3) is 63.9. The molecule has 9 heteroatoms. The molecule has 0 bridgehead atoms. The van der Waals surface area contributed by atoms with Crippen LogP contribution in [0.15, 0.2) is 48.6 Å². The van der Waals surface area contributed by atoms with E-state index in [1.54, 1.807) is 6.08 Å². The first-order chi connectivity index (χ1) is 38.5. The molecule has 3 unspecified atom stereocenters. The van der Waals surface area contributed by atoms with Crippen LogP contribution in [-0.4, -0.2) is 73.4 Å². The number of aliphatic hydroxyl groups excluding tert-OH is 1. The molecule has 3 N–H and O–H groups in total. The number of rotatable bonds is 64. The van der Waals surface area contributed by atoms with E-state index in [1.165, 1.54) is 276 Å². The van der Waals surface area contributed by atoms with Crippen LogP contribution in [0.1, 0.15) is 341 Å². The average Bonchev–Trinajstić information content (AvgIpc) is 3.42. The number of aliphatic hydroxyl groups is 1. The van der Waals surface area contributed by atoms with Crippen LogP contribution in [0.4, 0.5) is 0 Å². The normalized spacial score (nSPS) is 14.0. The summed E-state index contributed by atoms with van der Waals surface area (Å²) in [5.41, 5.74) is 0. The van der Waals surface area contributed by atoms with Crippen molar-refractivity contribution in [2.75, 3.05) is 40.9 Å². The first-order valence-electron chi connectivity index (χ1n) is 34.5. The number of nitrogens with zero attached hydrogens (tertiary/aromatic N) is 1. The Labute approximate surface area is 492 Å². The molecule has 0 radical (unpaired) electrons. The van der Waals surface area contributed by atoms with Crippen LogP contribution >= 0.6 is 7.82 Å². The molecule has 0 aliphatic carbocycles. The van der Waals surface area contributed by atoms with Crippen molar-refractivity contribution in [3.63, 3.8) is 0 Å². The van der Waals surface area contributed by atoms with Gasteiger partial charge in [0.15, 0.2) is 0 Å². The summed E-state index contributed by atoms with van der Waals surface area (Å²) in [6.45, 7) is 4.84. The highest BCUT2D eigenvalue weighted by Crippen LogP contribution is 2.43. The Morgan fingerprint density at radius 3 is 1.01 bits per heavy atom. The summed E-state index contributed by atoms with van der Waals surface area (Å²) in [4.78, 5) is 23.4. The minimum Gasteiger partial charge on any atom is -0.387 e. The lowest BCUT2D eigenvalue weighted by Gasteiger charge is -2.25. The molecule has 79 heavy (non-hydrogen) atoms. The number of hydrogen-bond donors (Lipinski definition) is 3. The van der Waals surface area contributed by atoms with Gasteiger partial charge in [-0.3, -0.25) is 13.8 Å². The summed E-state index contributed by atoms with van der Waals surface area (Å²) < 4.78 is 23.8. The van der Waals surface area contributed by atoms with Crippen molar-refractivity contribution in [1.29, 1.82) is 0 Å². The van der Waals surface area contributed by atoms with E-state index in [0.717, 1.165) is 44.9 Å². The Morgan fingerprint density at radius 1 is 0.418 bits per heavy atom. The van der Waals surface area contributed by atoms with Crippen LogP contribution in [-0.2, 0) is 18.4 Å². The molecule has 0 fully saturated rings. The number of carbonyl (C=O) groups is 1. The smallest absolute Gasteiger partial charge is 0.387 e.